The van der Waals surface area contributed by atoms with Crippen LogP contribution in [0, 0.1) is 18.3 Å². The van der Waals surface area contributed by atoms with Crippen LogP contribution in [0.3, 0.4) is 0 Å². The minimum absolute atomic E-state index is 0.103. The molecule has 2 atom stereocenters. The maximum Gasteiger partial charge on any atom is 0.197 e. The van der Waals surface area contributed by atoms with E-state index in [-0.39, 0.29) is 16.6 Å². The molecule has 0 fully saturated rings. The number of rotatable bonds is 1. The van der Waals surface area contributed by atoms with Crippen molar-refractivity contribution in [2.75, 3.05) is 10.6 Å². The Morgan fingerprint density at radius 2 is 1.83 bits per heavy atom. The maximum atomic E-state index is 13.5. The van der Waals surface area contributed by atoms with Gasteiger partial charge in [-0.05, 0) is 36.6 Å². The van der Waals surface area contributed by atoms with Gasteiger partial charge in [-0.15, -0.1) is 0 Å². The van der Waals surface area contributed by atoms with Crippen molar-refractivity contribution in [3.8, 4) is 0 Å². The van der Waals surface area contributed by atoms with Gasteiger partial charge in [0.2, 0.25) is 0 Å². The van der Waals surface area contributed by atoms with Crippen molar-refractivity contribution >= 4 is 28.1 Å². The van der Waals surface area contributed by atoms with Gasteiger partial charge < -0.3 is 15.1 Å². The van der Waals surface area contributed by atoms with Crippen LogP contribution in [0.1, 0.15) is 37.4 Å². The summed E-state index contributed by atoms with van der Waals surface area (Å²) >= 11 is 0. The lowest BCUT2D eigenvalue weighted by atomic mass is 9.72. The molecule has 0 spiro atoms. The topological polar surface area (TPSA) is 71.3 Å². The number of carbonyl (C=O) groups is 1. The summed E-state index contributed by atoms with van der Waals surface area (Å²) in [6.07, 6.45) is 4.06. The van der Waals surface area contributed by atoms with Gasteiger partial charge in [0, 0.05) is 12.1 Å². The molecule has 0 saturated carbocycles. The summed E-state index contributed by atoms with van der Waals surface area (Å²) in [6, 6.07) is 12.9. The van der Waals surface area contributed by atoms with Gasteiger partial charge in [-0.25, -0.2) is 0 Å². The van der Waals surface area contributed by atoms with Crippen LogP contribution in [0.5, 0.6) is 0 Å². The fourth-order valence-electron chi connectivity index (χ4n) is 4.63. The van der Waals surface area contributed by atoms with Crippen LogP contribution < -0.4 is 16.1 Å². The lowest BCUT2D eigenvalue weighted by Gasteiger charge is -2.35. The Morgan fingerprint density at radius 3 is 2.63 bits per heavy atom. The summed E-state index contributed by atoms with van der Waals surface area (Å²) in [5.74, 6) is -0.380. The van der Waals surface area contributed by atoms with Gasteiger partial charge >= 0.3 is 0 Å². The minimum atomic E-state index is -0.517. The molecule has 2 N–H and O–H groups in total. The van der Waals surface area contributed by atoms with E-state index in [4.69, 9.17) is 4.42 Å². The number of hydrogen-bond donors (Lipinski definition) is 2. The third-order valence-electron chi connectivity index (χ3n) is 6.00. The van der Waals surface area contributed by atoms with Crippen molar-refractivity contribution in [2.24, 2.45) is 11.3 Å². The number of para-hydroxylation sites is 2. The first-order valence-electron chi connectivity index (χ1n) is 10.2. The second-order valence-corrected chi connectivity index (χ2v) is 9.02. The number of nitrogens with one attached hydrogen (secondary N) is 2. The standard InChI is InChI=1S/C25H24N2O3/c1-14-8-9-21-15(10-14)24(29)16(13-30-21)23-22-19(11-25(2,3)12-20(22)28)26-17-6-4-5-7-18(17)27-23/h4-11,13,22-23,26-27H,12H2,1-3H3. The van der Waals surface area contributed by atoms with Crippen LogP contribution in [-0.2, 0) is 4.79 Å². The van der Waals surface area contributed by atoms with Crippen LogP contribution in [0.25, 0.3) is 11.0 Å². The van der Waals surface area contributed by atoms with E-state index in [1.54, 1.807) is 0 Å². The molecule has 3 aromatic rings. The second kappa shape index (κ2) is 6.59. The van der Waals surface area contributed by atoms with E-state index in [0.717, 1.165) is 22.6 Å². The molecule has 0 saturated heterocycles. The lowest BCUT2D eigenvalue weighted by Crippen LogP contribution is -2.38. The predicted octanol–water partition coefficient (Wildman–Crippen LogP) is 5.18. The van der Waals surface area contributed by atoms with Crippen molar-refractivity contribution in [1.29, 1.82) is 0 Å². The molecule has 1 aliphatic carbocycles. The number of allylic oxidation sites excluding steroid dienone is 1. The van der Waals surface area contributed by atoms with Gasteiger partial charge in [-0.1, -0.05) is 43.7 Å². The summed E-state index contributed by atoms with van der Waals surface area (Å²) in [5.41, 5.74) is 4.24. The highest BCUT2D eigenvalue weighted by Gasteiger charge is 2.42. The maximum absolute atomic E-state index is 13.5. The second-order valence-electron chi connectivity index (χ2n) is 9.02. The Balaban J connectivity index is 1.74. The van der Waals surface area contributed by atoms with E-state index in [2.05, 4.69) is 30.6 Å². The van der Waals surface area contributed by atoms with Crippen molar-refractivity contribution < 1.29 is 9.21 Å². The smallest absolute Gasteiger partial charge is 0.197 e. The van der Waals surface area contributed by atoms with Gasteiger partial charge in [0.1, 0.15) is 17.6 Å². The van der Waals surface area contributed by atoms with Crippen LogP contribution in [0.15, 0.2) is 69.7 Å². The quantitative estimate of drug-likeness (QED) is 0.589. The molecule has 2 aliphatic rings. The molecule has 2 aromatic carbocycles. The number of ketones is 1. The summed E-state index contributed by atoms with van der Waals surface area (Å²) < 4.78 is 5.83. The number of hydrogen-bond acceptors (Lipinski definition) is 5. The molecule has 0 bridgehead atoms. The zero-order valence-electron chi connectivity index (χ0n) is 17.3. The fourth-order valence-corrected chi connectivity index (χ4v) is 4.63. The van der Waals surface area contributed by atoms with Crippen molar-refractivity contribution in [3.05, 3.63) is 81.9 Å². The molecule has 5 nitrogen and oxygen atoms in total. The molecule has 1 aromatic heterocycles. The number of aryl methyl sites for hydroxylation is 1. The molecule has 5 rings (SSSR count). The van der Waals surface area contributed by atoms with Crippen LogP contribution in [-0.4, -0.2) is 5.78 Å². The zero-order chi connectivity index (χ0) is 21.0. The molecule has 1 aliphatic heterocycles. The molecular formula is C25H24N2O3. The van der Waals surface area contributed by atoms with E-state index in [1.807, 2.05) is 49.4 Å². The summed E-state index contributed by atoms with van der Waals surface area (Å²) in [4.78, 5) is 26.8. The van der Waals surface area contributed by atoms with Gasteiger partial charge in [0.25, 0.3) is 0 Å². The number of anilines is 2. The highest BCUT2D eigenvalue weighted by Crippen LogP contribution is 2.44. The van der Waals surface area contributed by atoms with Gasteiger partial charge in [0.15, 0.2) is 5.43 Å². The third kappa shape index (κ3) is 3.02. The van der Waals surface area contributed by atoms with E-state index >= 15 is 0 Å². The fraction of sp³-hybridized carbons (Fsp3) is 0.280. The highest BCUT2D eigenvalue weighted by atomic mass is 16.3. The third-order valence-corrected chi connectivity index (χ3v) is 6.00. The first kappa shape index (κ1) is 18.7. The number of fused-ring (bicyclic) bond motifs is 3. The van der Waals surface area contributed by atoms with Gasteiger partial charge in [-0.3, -0.25) is 9.59 Å². The van der Waals surface area contributed by atoms with Gasteiger partial charge in [0.05, 0.1) is 34.3 Å². The first-order valence-corrected chi connectivity index (χ1v) is 10.2. The number of carbonyl (C=O) groups excluding carboxylic acids is 1. The molecule has 2 unspecified atom stereocenters. The normalized spacial score (nSPS) is 22.2. The van der Waals surface area contributed by atoms with E-state index < -0.39 is 12.0 Å². The first-order chi connectivity index (χ1) is 14.3. The molecule has 30 heavy (non-hydrogen) atoms. The Hall–Kier alpha value is -3.34. The SMILES string of the molecule is Cc1ccc2occ(C3Nc4ccccc4NC4=CC(C)(C)CC(=O)C43)c(=O)c2c1. The van der Waals surface area contributed by atoms with Crippen molar-refractivity contribution in [3.63, 3.8) is 0 Å². The number of Topliss-reactive ketones (excluding diaryl/α,β-unsaturated/α-hetero) is 1. The van der Waals surface area contributed by atoms with E-state index in [9.17, 15) is 9.59 Å². The number of benzene rings is 2. The van der Waals surface area contributed by atoms with Crippen molar-refractivity contribution in [2.45, 2.75) is 33.2 Å². The van der Waals surface area contributed by atoms with E-state index in [1.165, 1.54) is 6.26 Å². The molecule has 152 valence electrons. The van der Waals surface area contributed by atoms with Crippen LogP contribution in [0.4, 0.5) is 11.4 Å². The zero-order valence-corrected chi connectivity index (χ0v) is 17.3. The molecule has 0 amide bonds. The lowest BCUT2D eigenvalue weighted by molar-refractivity contribution is -0.124. The monoisotopic (exact) mass is 400 g/mol. The Kier molecular flexibility index (Phi) is 4.10. The molecule has 5 heteroatoms. The Morgan fingerprint density at radius 1 is 1.07 bits per heavy atom. The molecular weight excluding hydrogens is 376 g/mol. The van der Waals surface area contributed by atoms with Gasteiger partial charge in [-0.2, -0.15) is 0 Å². The summed E-state index contributed by atoms with van der Waals surface area (Å²) in [6.45, 7) is 6.06. The molecule has 0 radical (unpaired) electrons. The summed E-state index contributed by atoms with van der Waals surface area (Å²) in [5, 5.41) is 7.46. The Bertz CT molecular complexity index is 1270. The average Bonchev–Trinajstić information content (AvgIpc) is 2.84. The predicted molar refractivity (Wildman–Crippen MR) is 119 cm³/mol. The van der Waals surface area contributed by atoms with Crippen LogP contribution in [0.2, 0.25) is 0 Å². The van der Waals surface area contributed by atoms with Crippen LogP contribution >= 0.6 is 0 Å². The minimum Gasteiger partial charge on any atom is -0.464 e. The van der Waals surface area contributed by atoms with E-state index in [0.29, 0.717) is 23.0 Å². The Labute approximate surface area is 174 Å². The molecule has 2 heterocycles. The largest absolute Gasteiger partial charge is 0.464 e. The van der Waals surface area contributed by atoms with Crippen molar-refractivity contribution in [1.82, 2.24) is 0 Å². The highest BCUT2D eigenvalue weighted by molar-refractivity contribution is 5.90. The average molecular weight is 400 g/mol. The summed E-state index contributed by atoms with van der Waals surface area (Å²) in [7, 11) is 0.